The van der Waals surface area contributed by atoms with Crippen LogP contribution in [0.15, 0.2) is 0 Å². The van der Waals surface area contributed by atoms with E-state index in [1.807, 2.05) is 0 Å². The molecule has 0 amide bonds. The van der Waals surface area contributed by atoms with E-state index < -0.39 is 0 Å². The van der Waals surface area contributed by atoms with Crippen molar-refractivity contribution < 1.29 is 0 Å². The zero-order chi connectivity index (χ0) is 11.8. The van der Waals surface area contributed by atoms with Gasteiger partial charge in [-0.25, -0.2) is 0 Å². The maximum Gasteiger partial charge on any atom is 0.00671 e. The molecule has 1 atom stereocenters. The number of hydrogen-bond acceptors (Lipinski definition) is 1. The van der Waals surface area contributed by atoms with Gasteiger partial charge >= 0.3 is 0 Å². The van der Waals surface area contributed by atoms with Gasteiger partial charge in [0.25, 0.3) is 0 Å². The third-order valence-electron chi connectivity index (χ3n) is 4.49. The lowest BCUT2D eigenvalue weighted by Gasteiger charge is -2.25. The average Bonchev–Trinajstić information content (AvgIpc) is 2.58. The Morgan fingerprint density at radius 1 is 1.00 bits per heavy atom. The summed E-state index contributed by atoms with van der Waals surface area (Å²) in [6.45, 7) is 8.25. The highest BCUT2D eigenvalue weighted by Gasteiger charge is 2.19. The first-order valence-corrected chi connectivity index (χ1v) is 7.51. The first kappa shape index (κ1) is 14.0. The fourth-order valence-corrected chi connectivity index (χ4v) is 2.91. The van der Waals surface area contributed by atoms with Gasteiger partial charge < -0.3 is 5.32 Å². The molecule has 0 aromatic carbocycles. The van der Waals surface area contributed by atoms with E-state index in [1.165, 1.54) is 57.9 Å². The summed E-state index contributed by atoms with van der Waals surface area (Å²) in [4.78, 5) is 0. The molecule has 0 unspecified atom stereocenters. The summed E-state index contributed by atoms with van der Waals surface area (Å²) in [5, 5.41) is 3.78. The molecule has 96 valence electrons. The van der Waals surface area contributed by atoms with E-state index in [2.05, 4.69) is 26.1 Å². The third-order valence-corrected chi connectivity index (χ3v) is 4.49. The second-order valence-electron chi connectivity index (χ2n) is 5.63. The van der Waals surface area contributed by atoms with Crippen molar-refractivity contribution in [3.8, 4) is 0 Å². The average molecular weight is 225 g/mol. The minimum Gasteiger partial charge on any atom is -0.314 e. The van der Waals surface area contributed by atoms with Crippen molar-refractivity contribution in [1.82, 2.24) is 5.32 Å². The largest absolute Gasteiger partial charge is 0.314 e. The first-order chi connectivity index (χ1) is 7.77. The van der Waals surface area contributed by atoms with Crippen molar-refractivity contribution in [2.75, 3.05) is 6.54 Å². The van der Waals surface area contributed by atoms with Gasteiger partial charge in [0.05, 0.1) is 0 Å². The van der Waals surface area contributed by atoms with Crippen LogP contribution in [0.25, 0.3) is 0 Å². The molecule has 1 fully saturated rings. The second-order valence-corrected chi connectivity index (χ2v) is 5.63. The van der Waals surface area contributed by atoms with Crippen LogP contribution >= 0.6 is 0 Å². The quantitative estimate of drug-likeness (QED) is 0.662. The van der Waals surface area contributed by atoms with Crippen LogP contribution < -0.4 is 5.32 Å². The summed E-state index contributed by atoms with van der Waals surface area (Å²) >= 11 is 0. The van der Waals surface area contributed by atoms with Crippen molar-refractivity contribution in [3.05, 3.63) is 0 Å². The fraction of sp³-hybridized carbons (Fsp3) is 1.00. The highest BCUT2D eigenvalue weighted by atomic mass is 14.9. The second kappa shape index (κ2) is 8.11. The summed E-state index contributed by atoms with van der Waals surface area (Å²) in [5.74, 6) is 1.82. The van der Waals surface area contributed by atoms with E-state index >= 15 is 0 Å². The molecule has 0 aromatic heterocycles. The molecule has 0 bridgehead atoms. The Labute approximate surface area is 102 Å². The van der Waals surface area contributed by atoms with Gasteiger partial charge in [0.2, 0.25) is 0 Å². The molecular formula is C15H31N. The van der Waals surface area contributed by atoms with E-state index in [0.717, 1.165) is 17.9 Å². The zero-order valence-electron chi connectivity index (χ0n) is 11.6. The molecule has 0 aliphatic heterocycles. The Morgan fingerprint density at radius 2 is 1.56 bits per heavy atom. The smallest absolute Gasteiger partial charge is 0.00671 e. The Kier molecular flexibility index (Phi) is 7.11. The normalized spacial score (nSPS) is 21.0. The van der Waals surface area contributed by atoms with Gasteiger partial charge in [-0.2, -0.15) is 0 Å². The van der Waals surface area contributed by atoms with Crippen LogP contribution in [0.2, 0.25) is 0 Å². The highest BCUT2D eigenvalue weighted by molar-refractivity contribution is 4.75. The highest BCUT2D eigenvalue weighted by Crippen LogP contribution is 2.25. The molecule has 1 N–H and O–H groups in total. The van der Waals surface area contributed by atoms with Crippen molar-refractivity contribution in [3.63, 3.8) is 0 Å². The van der Waals surface area contributed by atoms with Crippen LogP contribution in [-0.2, 0) is 0 Å². The van der Waals surface area contributed by atoms with E-state index in [9.17, 15) is 0 Å². The summed E-state index contributed by atoms with van der Waals surface area (Å²) in [6, 6.07) is 0.735. The van der Waals surface area contributed by atoms with Crippen LogP contribution in [0, 0.1) is 11.8 Å². The Balaban J connectivity index is 2.24. The maximum atomic E-state index is 3.78. The fourth-order valence-electron chi connectivity index (χ4n) is 2.91. The van der Waals surface area contributed by atoms with Gasteiger partial charge in [-0.1, -0.05) is 52.4 Å². The lowest BCUT2D eigenvalue weighted by atomic mass is 9.92. The minimum absolute atomic E-state index is 0.735. The predicted molar refractivity (Wildman–Crippen MR) is 72.7 cm³/mol. The van der Waals surface area contributed by atoms with Crippen molar-refractivity contribution in [2.24, 2.45) is 11.8 Å². The van der Waals surface area contributed by atoms with Gasteiger partial charge in [0.1, 0.15) is 0 Å². The zero-order valence-corrected chi connectivity index (χ0v) is 11.6. The summed E-state index contributed by atoms with van der Waals surface area (Å²) in [7, 11) is 0. The third kappa shape index (κ3) is 4.86. The standard InChI is InChI=1S/C15H31N/c1-4-14(5-2)12-16-13(3)15-10-8-6-7-9-11-15/h13-16H,4-12H2,1-3H3/t13-/m1/s1. The summed E-state index contributed by atoms with van der Waals surface area (Å²) in [6.07, 6.45) is 11.4. The van der Waals surface area contributed by atoms with Crippen molar-refractivity contribution in [1.29, 1.82) is 0 Å². The lowest BCUT2D eigenvalue weighted by molar-refractivity contribution is 0.313. The van der Waals surface area contributed by atoms with Crippen molar-refractivity contribution in [2.45, 2.75) is 78.2 Å². The molecule has 1 saturated carbocycles. The van der Waals surface area contributed by atoms with Crippen LogP contribution in [-0.4, -0.2) is 12.6 Å². The molecular weight excluding hydrogens is 194 g/mol. The van der Waals surface area contributed by atoms with E-state index in [0.29, 0.717) is 0 Å². The van der Waals surface area contributed by atoms with Crippen molar-refractivity contribution >= 4 is 0 Å². The van der Waals surface area contributed by atoms with Gasteiger partial charge in [-0.15, -0.1) is 0 Å². The molecule has 1 nitrogen and oxygen atoms in total. The maximum absolute atomic E-state index is 3.78. The molecule has 1 rings (SSSR count). The molecule has 0 heterocycles. The van der Waals surface area contributed by atoms with E-state index in [-0.39, 0.29) is 0 Å². The number of hydrogen-bond donors (Lipinski definition) is 1. The molecule has 0 aromatic rings. The first-order valence-electron chi connectivity index (χ1n) is 7.51. The Hall–Kier alpha value is -0.0400. The molecule has 1 aliphatic carbocycles. The minimum atomic E-state index is 0.735. The predicted octanol–water partition coefficient (Wildman–Crippen LogP) is 4.37. The Bertz CT molecular complexity index is 155. The van der Waals surface area contributed by atoms with Crippen LogP contribution in [0.3, 0.4) is 0 Å². The molecule has 0 radical (unpaired) electrons. The van der Waals surface area contributed by atoms with Crippen LogP contribution in [0.1, 0.15) is 72.1 Å². The number of rotatable bonds is 6. The monoisotopic (exact) mass is 225 g/mol. The SMILES string of the molecule is CCC(CC)CN[C@H](C)C1CCCCCC1. The summed E-state index contributed by atoms with van der Waals surface area (Å²) in [5.41, 5.74) is 0. The Morgan fingerprint density at radius 3 is 2.06 bits per heavy atom. The van der Waals surface area contributed by atoms with Crippen LogP contribution in [0.5, 0.6) is 0 Å². The van der Waals surface area contributed by atoms with E-state index in [4.69, 9.17) is 0 Å². The van der Waals surface area contributed by atoms with Gasteiger partial charge in [0, 0.05) is 6.04 Å². The van der Waals surface area contributed by atoms with Gasteiger partial charge in [-0.05, 0) is 38.1 Å². The molecule has 16 heavy (non-hydrogen) atoms. The van der Waals surface area contributed by atoms with Gasteiger partial charge in [0.15, 0.2) is 0 Å². The molecule has 0 spiro atoms. The topological polar surface area (TPSA) is 12.0 Å². The number of nitrogens with one attached hydrogen (secondary N) is 1. The summed E-state index contributed by atoms with van der Waals surface area (Å²) < 4.78 is 0. The molecule has 0 saturated heterocycles. The molecule has 1 heteroatoms. The molecule has 1 aliphatic rings. The van der Waals surface area contributed by atoms with E-state index in [1.54, 1.807) is 0 Å². The van der Waals surface area contributed by atoms with Crippen LogP contribution in [0.4, 0.5) is 0 Å². The lowest BCUT2D eigenvalue weighted by Crippen LogP contribution is -2.36. The van der Waals surface area contributed by atoms with Gasteiger partial charge in [-0.3, -0.25) is 0 Å².